The number of carbonyl (C=O) groups excluding carboxylic acids is 2. The van der Waals surface area contributed by atoms with E-state index in [9.17, 15) is 14.7 Å². The third-order valence-electron chi connectivity index (χ3n) is 5.34. The van der Waals surface area contributed by atoms with Gasteiger partial charge in [0.25, 0.3) is 5.91 Å². The number of nitrogens with zero attached hydrogens (tertiary/aromatic N) is 2. The molecule has 154 valence electrons. The van der Waals surface area contributed by atoms with Crippen LogP contribution in [0.25, 0.3) is 10.2 Å². The lowest BCUT2D eigenvalue weighted by atomic mass is 9.95. The highest BCUT2D eigenvalue weighted by molar-refractivity contribution is 7.22. The van der Waals surface area contributed by atoms with Gasteiger partial charge < -0.3 is 9.52 Å². The van der Waals surface area contributed by atoms with Crippen molar-refractivity contribution < 1.29 is 19.1 Å². The summed E-state index contributed by atoms with van der Waals surface area (Å²) in [7, 11) is 0. The van der Waals surface area contributed by atoms with Gasteiger partial charge in [-0.3, -0.25) is 14.5 Å². The van der Waals surface area contributed by atoms with Crippen LogP contribution in [0.2, 0.25) is 0 Å². The van der Waals surface area contributed by atoms with Crippen LogP contribution in [0.15, 0.2) is 76.6 Å². The van der Waals surface area contributed by atoms with Gasteiger partial charge in [-0.25, -0.2) is 4.98 Å². The molecule has 0 unspecified atom stereocenters. The Morgan fingerprint density at radius 3 is 2.61 bits per heavy atom. The van der Waals surface area contributed by atoms with Crippen molar-refractivity contribution in [3.05, 3.63) is 94.6 Å². The van der Waals surface area contributed by atoms with Crippen LogP contribution in [0.3, 0.4) is 0 Å². The molecule has 0 saturated heterocycles. The molecule has 0 saturated carbocycles. The summed E-state index contributed by atoms with van der Waals surface area (Å²) in [6.07, 6.45) is 1.38. The summed E-state index contributed by atoms with van der Waals surface area (Å²) in [5.41, 5.74) is 3.59. The molecule has 31 heavy (non-hydrogen) atoms. The first-order valence-electron chi connectivity index (χ1n) is 9.73. The topological polar surface area (TPSA) is 83.6 Å². The fourth-order valence-electron chi connectivity index (χ4n) is 3.99. The first-order valence-corrected chi connectivity index (χ1v) is 10.5. The van der Waals surface area contributed by atoms with E-state index in [0.29, 0.717) is 10.7 Å². The highest BCUT2D eigenvalue weighted by Gasteiger charge is 2.46. The van der Waals surface area contributed by atoms with E-state index in [-0.39, 0.29) is 11.3 Å². The lowest BCUT2D eigenvalue weighted by molar-refractivity contribution is -0.117. The van der Waals surface area contributed by atoms with Gasteiger partial charge in [-0.15, -0.1) is 0 Å². The van der Waals surface area contributed by atoms with Crippen LogP contribution >= 0.6 is 11.3 Å². The van der Waals surface area contributed by atoms with Gasteiger partial charge in [0.2, 0.25) is 5.78 Å². The molecule has 0 spiro atoms. The first-order chi connectivity index (χ1) is 15.0. The number of aryl methyl sites for hydroxylation is 2. The number of benzene rings is 2. The molecule has 4 aromatic rings. The molecule has 0 aliphatic carbocycles. The summed E-state index contributed by atoms with van der Waals surface area (Å²) in [6.45, 7) is 3.98. The van der Waals surface area contributed by atoms with Crippen LogP contribution in [0.4, 0.5) is 5.13 Å². The number of rotatable bonds is 4. The molecular formula is C24H18N2O4S. The van der Waals surface area contributed by atoms with Crippen LogP contribution in [0.5, 0.6) is 0 Å². The molecule has 3 heterocycles. The highest BCUT2D eigenvalue weighted by atomic mass is 32.1. The second-order valence-corrected chi connectivity index (χ2v) is 8.49. The van der Waals surface area contributed by atoms with Crippen molar-refractivity contribution in [2.75, 3.05) is 4.90 Å². The van der Waals surface area contributed by atoms with Gasteiger partial charge in [-0.05, 0) is 48.7 Å². The minimum atomic E-state index is -0.812. The number of furan rings is 1. The number of anilines is 1. The molecule has 1 aliphatic rings. The Kier molecular flexibility index (Phi) is 4.48. The Labute approximate surface area is 182 Å². The molecule has 2 aromatic carbocycles. The molecule has 1 amide bonds. The first kappa shape index (κ1) is 19.3. The Morgan fingerprint density at radius 2 is 1.90 bits per heavy atom. The summed E-state index contributed by atoms with van der Waals surface area (Å²) < 4.78 is 6.20. The highest BCUT2D eigenvalue weighted by Crippen LogP contribution is 2.44. The molecule has 0 bridgehead atoms. The van der Waals surface area contributed by atoms with E-state index in [1.807, 2.05) is 56.3 Å². The Bertz CT molecular complexity index is 1350. The van der Waals surface area contributed by atoms with Crippen molar-refractivity contribution in [1.29, 1.82) is 0 Å². The van der Waals surface area contributed by atoms with Crippen molar-refractivity contribution in [3.63, 3.8) is 0 Å². The molecule has 5 rings (SSSR count). The molecule has 0 radical (unpaired) electrons. The minimum absolute atomic E-state index is 0.0155. The van der Waals surface area contributed by atoms with Crippen molar-refractivity contribution in [3.8, 4) is 0 Å². The standard InChI is InChI=1S/C24H18N2O4S/c1-13-11-14(2)19-17(12-13)31-24(25-19)26-20(15-7-4-3-5-8-15)18(22(28)23(26)29)21(27)16-9-6-10-30-16/h3-12,20,28H,1-2H3/t20-/m1/s1. The number of aliphatic hydroxyl groups excluding tert-OH is 1. The number of hydrogen-bond donors (Lipinski definition) is 1. The number of amides is 1. The Balaban J connectivity index is 1.69. The third kappa shape index (κ3) is 3.05. The van der Waals surface area contributed by atoms with Crippen LogP contribution in [0, 0.1) is 13.8 Å². The van der Waals surface area contributed by atoms with Crippen LogP contribution in [-0.2, 0) is 4.79 Å². The SMILES string of the molecule is Cc1cc(C)c2nc(N3C(=O)C(O)=C(C(=O)c4ccco4)[C@H]3c3ccccc3)sc2c1. The lowest BCUT2D eigenvalue weighted by Crippen LogP contribution is -2.30. The van der Waals surface area contributed by atoms with Crippen molar-refractivity contribution >= 4 is 38.4 Å². The van der Waals surface area contributed by atoms with Gasteiger partial charge in [0, 0.05) is 0 Å². The summed E-state index contributed by atoms with van der Waals surface area (Å²) >= 11 is 1.36. The predicted octanol–water partition coefficient (Wildman–Crippen LogP) is 5.29. The summed E-state index contributed by atoms with van der Waals surface area (Å²) in [5, 5.41) is 11.2. The zero-order valence-electron chi connectivity index (χ0n) is 16.8. The maximum Gasteiger partial charge on any atom is 0.296 e. The summed E-state index contributed by atoms with van der Waals surface area (Å²) in [5.74, 6) is -1.70. The number of ketones is 1. The van der Waals surface area contributed by atoms with Gasteiger partial charge in [-0.2, -0.15) is 0 Å². The molecular weight excluding hydrogens is 412 g/mol. The van der Waals surface area contributed by atoms with Crippen LogP contribution < -0.4 is 4.90 Å². The number of aromatic nitrogens is 1. The Hall–Kier alpha value is -3.71. The molecule has 2 aromatic heterocycles. The number of hydrogen-bond acceptors (Lipinski definition) is 6. The van der Waals surface area contributed by atoms with Gasteiger partial charge in [0.1, 0.15) is 0 Å². The molecule has 0 fully saturated rings. The quantitative estimate of drug-likeness (QED) is 0.445. The predicted molar refractivity (Wildman–Crippen MR) is 118 cm³/mol. The Morgan fingerprint density at radius 1 is 1.13 bits per heavy atom. The van der Waals surface area contributed by atoms with Gasteiger partial charge >= 0.3 is 0 Å². The second-order valence-electron chi connectivity index (χ2n) is 7.48. The zero-order valence-corrected chi connectivity index (χ0v) is 17.6. The normalized spacial score (nSPS) is 16.5. The van der Waals surface area contributed by atoms with Gasteiger partial charge in [0.05, 0.1) is 28.1 Å². The average Bonchev–Trinajstić information content (AvgIpc) is 3.48. The van der Waals surface area contributed by atoms with Gasteiger partial charge in [-0.1, -0.05) is 47.7 Å². The van der Waals surface area contributed by atoms with E-state index >= 15 is 0 Å². The number of fused-ring (bicyclic) bond motifs is 1. The zero-order chi connectivity index (χ0) is 21.7. The second kappa shape index (κ2) is 7.21. The van der Waals surface area contributed by atoms with E-state index in [1.165, 1.54) is 28.6 Å². The number of carbonyl (C=O) groups is 2. The van der Waals surface area contributed by atoms with Crippen LogP contribution in [0.1, 0.15) is 33.3 Å². The fraction of sp³-hybridized carbons (Fsp3) is 0.125. The monoisotopic (exact) mass is 430 g/mol. The molecule has 1 N–H and O–H groups in total. The van der Waals surface area contributed by atoms with Crippen molar-refractivity contribution in [2.24, 2.45) is 0 Å². The van der Waals surface area contributed by atoms with Crippen molar-refractivity contribution in [1.82, 2.24) is 4.98 Å². The molecule has 6 nitrogen and oxygen atoms in total. The molecule has 7 heteroatoms. The minimum Gasteiger partial charge on any atom is -0.503 e. The largest absolute Gasteiger partial charge is 0.503 e. The van der Waals surface area contributed by atoms with E-state index in [4.69, 9.17) is 9.40 Å². The van der Waals surface area contributed by atoms with E-state index in [2.05, 4.69) is 0 Å². The van der Waals surface area contributed by atoms with E-state index in [1.54, 1.807) is 6.07 Å². The molecule has 1 atom stereocenters. The van der Waals surface area contributed by atoms with E-state index in [0.717, 1.165) is 21.3 Å². The van der Waals surface area contributed by atoms with E-state index < -0.39 is 23.5 Å². The summed E-state index contributed by atoms with van der Waals surface area (Å²) in [4.78, 5) is 32.5. The number of aliphatic hydroxyl groups is 1. The number of Topliss-reactive ketones (excluding diaryl/α,β-unsaturated/α-hetero) is 1. The lowest BCUT2D eigenvalue weighted by Gasteiger charge is -2.24. The maximum atomic E-state index is 13.2. The third-order valence-corrected chi connectivity index (χ3v) is 6.34. The fourth-order valence-corrected chi connectivity index (χ4v) is 5.16. The smallest absolute Gasteiger partial charge is 0.296 e. The molecule has 1 aliphatic heterocycles. The maximum absolute atomic E-state index is 13.2. The van der Waals surface area contributed by atoms with Crippen molar-refractivity contribution in [2.45, 2.75) is 19.9 Å². The van der Waals surface area contributed by atoms with Crippen LogP contribution in [-0.4, -0.2) is 21.8 Å². The van der Waals surface area contributed by atoms with Gasteiger partial charge in [0.15, 0.2) is 16.7 Å². The number of thiazole rings is 1. The summed E-state index contributed by atoms with van der Waals surface area (Å²) in [6, 6.07) is 15.5. The average molecular weight is 430 g/mol.